The smallest absolute Gasteiger partial charge is 0.410 e. The van der Waals surface area contributed by atoms with Gasteiger partial charge in [0, 0.05) is 19.1 Å². The Morgan fingerprint density at radius 3 is 2.71 bits per heavy atom. The van der Waals surface area contributed by atoms with Gasteiger partial charge in [0.2, 0.25) is 0 Å². The molecule has 1 amide bonds. The Hall–Kier alpha value is -2.06. The lowest BCUT2D eigenvalue weighted by Crippen LogP contribution is -2.54. The summed E-state index contributed by atoms with van der Waals surface area (Å²) in [4.78, 5) is 16.0. The Morgan fingerprint density at radius 1 is 1.29 bits per heavy atom. The third-order valence-electron chi connectivity index (χ3n) is 4.05. The van der Waals surface area contributed by atoms with Gasteiger partial charge >= 0.3 is 6.09 Å². The number of piperazine rings is 1. The van der Waals surface area contributed by atoms with Crippen molar-refractivity contribution >= 4 is 6.09 Å². The monoisotopic (exact) mass is 285 g/mol. The summed E-state index contributed by atoms with van der Waals surface area (Å²) in [7, 11) is 0. The molecule has 2 fully saturated rings. The molecule has 5 nitrogen and oxygen atoms in total. The first-order valence-corrected chi connectivity index (χ1v) is 7.39. The van der Waals surface area contributed by atoms with E-state index >= 15 is 0 Å². The van der Waals surface area contributed by atoms with Crippen molar-refractivity contribution in [3.8, 4) is 6.07 Å². The maximum Gasteiger partial charge on any atom is 0.410 e. The van der Waals surface area contributed by atoms with Gasteiger partial charge in [0.15, 0.2) is 0 Å². The molecular formula is C16H19N3O2. The van der Waals surface area contributed by atoms with E-state index in [1.165, 1.54) is 12.8 Å². The van der Waals surface area contributed by atoms with Gasteiger partial charge in [-0.3, -0.25) is 4.90 Å². The van der Waals surface area contributed by atoms with Crippen LogP contribution in [0.1, 0.15) is 18.4 Å². The van der Waals surface area contributed by atoms with Crippen molar-refractivity contribution in [1.29, 1.82) is 5.26 Å². The fourth-order valence-electron chi connectivity index (χ4n) is 2.73. The third kappa shape index (κ3) is 3.34. The van der Waals surface area contributed by atoms with E-state index in [0.717, 1.165) is 12.1 Å². The Balaban J connectivity index is 1.52. The summed E-state index contributed by atoms with van der Waals surface area (Å²) in [6.45, 7) is 2.13. The van der Waals surface area contributed by atoms with Gasteiger partial charge in [-0.05, 0) is 18.4 Å². The number of hydrogen-bond acceptors (Lipinski definition) is 4. The van der Waals surface area contributed by atoms with Crippen LogP contribution in [0.15, 0.2) is 30.3 Å². The number of carbonyl (C=O) groups is 1. The second kappa shape index (κ2) is 6.15. The number of nitriles is 1. The lowest BCUT2D eigenvalue weighted by molar-refractivity contribution is 0.0570. The van der Waals surface area contributed by atoms with E-state index in [-0.39, 0.29) is 18.7 Å². The number of amides is 1. The molecule has 5 heteroatoms. The number of carbonyl (C=O) groups excluding carboxylic acids is 1. The van der Waals surface area contributed by atoms with Crippen LogP contribution < -0.4 is 0 Å². The molecule has 1 aromatic carbocycles. The first kappa shape index (κ1) is 13.9. The van der Waals surface area contributed by atoms with Gasteiger partial charge < -0.3 is 9.64 Å². The minimum Gasteiger partial charge on any atom is -0.445 e. The SMILES string of the molecule is N#CC1CN(C(=O)OCc2ccccc2)CCN1C1CC1. The van der Waals surface area contributed by atoms with E-state index in [4.69, 9.17) is 4.74 Å². The molecule has 2 aliphatic rings. The van der Waals surface area contributed by atoms with Crippen LogP contribution in [0, 0.1) is 11.3 Å². The summed E-state index contributed by atoms with van der Waals surface area (Å²) in [5.41, 5.74) is 0.972. The van der Waals surface area contributed by atoms with Crippen LogP contribution in [0.5, 0.6) is 0 Å². The predicted molar refractivity (Wildman–Crippen MR) is 77.3 cm³/mol. The number of ether oxygens (including phenoxy) is 1. The summed E-state index contributed by atoms with van der Waals surface area (Å²) in [6.07, 6.45) is 2.03. The highest BCUT2D eigenvalue weighted by Crippen LogP contribution is 2.30. The van der Waals surface area contributed by atoms with Gasteiger partial charge in [-0.1, -0.05) is 30.3 Å². The second-order valence-electron chi connectivity index (χ2n) is 5.60. The molecule has 1 aromatic rings. The van der Waals surface area contributed by atoms with Gasteiger partial charge in [-0.25, -0.2) is 4.79 Å². The van der Waals surface area contributed by atoms with Crippen molar-refractivity contribution < 1.29 is 9.53 Å². The standard InChI is InChI=1S/C16H19N3O2/c17-10-15-11-18(8-9-19(15)14-6-7-14)16(20)21-12-13-4-2-1-3-5-13/h1-5,14-15H,6-9,11-12H2. The zero-order valence-electron chi connectivity index (χ0n) is 11.9. The topological polar surface area (TPSA) is 56.6 Å². The molecule has 0 bridgehead atoms. The maximum atomic E-state index is 12.1. The lowest BCUT2D eigenvalue weighted by Gasteiger charge is -2.37. The fraction of sp³-hybridized carbons (Fsp3) is 0.500. The van der Waals surface area contributed by atoms with Crippen LogP contribution in [-0.4, -0.2) is 47.6 Å². The molecule has 110 valence electrons. The Bertz CT molecular complexity index is 536. The summed E-state index contributed by atoms with van der Waals surface area (Å²) in [6, 6.07) is 12.3. The maximum absolute atomic E-state index is 12.1. The van der Waals surface area contributed by atoms with E-state index in [2.05, 4.69) is 11.0 Å². The van der Waals surface area contributed by atoms with Crippen molar-refractivity contribution in [1.82, 2.24) is 9.80 Å². The van der Waals surface area contributed by atoms with Gasteiger partial charge in [0.25, 0.3) is 0 Å². The van der Waals surface area contributed by atoms with Crippen LogP contribution in [0.3, 0.4) is 0 Å². The fourth-order valence-corrected chi connectivity index (χ4v) is 2.73. The summed E-state index contributed by atoms with van der Waals surface area (Å²) in [5, 5.41) is 9.28. The van der Waals surface area contributed by atoms with Crippen LogP contribution in [0.2, 0.25) is 0 Å². The molecule has 0 spiro atoms. The Kier molecular flexibility index (Phi) is 4.07. The largest absolute Gasteiger partial charge is 0.445 e. The predicted octanol–water partition coefficient (Wildman–Crippen LogP) is 2.00. The van der Waals surface area contributed by atoms with Crippen molar-refractivity contribution in [2.45, 2.75) is 31.5 Å². The van der Waals surface area contributed by atoms with E-state index in [1.807, 2.05) is 30.3 Å². The van der Waals surface area contributed by atoms with Crippen molar-refractivity contribution in [3.63, 3.8) is 0 Å². The van der Waals surface area contributed by atoms with Crippen molar-refractivity contribution in [2.75, 3.05) is 19.6 Å². The highest BCUT2D eigenvalue weighted by molar-refractivity contribution is 5.68. The quantitative estimate of drug-likeness (QED) is 0.852. The molecule has 1 saturated heterocycles. The lowest BCUT2D eigenvalue weighted by atomic mass is 10.2. The molecule has 1 aliphatic carbocycles. The van der Waals surface area contributed by atoms with E-state index in [1.54, 1.807) is 4.90 Å². The molecule has 1 aliphatic heterocycles. The Labute approximate surface area is 124 Å². The van der Waals surface area contributed by atoms with Crippen LogP contribution in [0.25, 0.3) is 0 Å². The molecule has 1 saturated carbocycles. The van der Waals surface area contributed by atoms with Gasteiger partial charge in [0.1, 0.15) is 12.6 Å². The molecule has 0 aromatic heterocycles. The molecule has 1 atom stereocenters. The summed E-state index contributed by atoms with van der Waals surface area (Å²) >= 11 is 0. The zero-order chi connectivity index (χ0) is 14.7. The zero-order valence-corrected chi connectivity index (χ0v) is 11.9. The molecule has 0 radical (unpaired) electrons. The summed E-state index contributed by atoms with van der Waals surface area (Å²) < 4.78 is 5.33. The van der Waals surface area contributed by atoms with E-state index in [0.29, 0.717) is 19.1 Å². The van der Waals surface area contributed by atoms with Crippen molar-refractivity contribution in [2.24, 2.45) is 0 Å². The van der Waals surface area contributed by atoms with Crippen LogP contribution in [-0.2, 0) is 11.3 Å². The highest BCUT2D eigenvalue weighted by atomic mass is 16.6. The summed E-state index contributed by atoms with van der Waals surface area (Å²) in [5.74, 6) is 0. The van der Waals surface area contributed by atoms with Crippen molar-refractivity contribution in [3.05, 3.63) is 35.9 Å². The number of rotatable bonds is 3. The first-order chi connectivity index (χ1) is 10.3. The molecule has 1 heterocycles. The number of benzene rings is 1. The molecule has 3 rings (SSSR count). The normalized spacial score (nSPS) is 22.6. The average molecular weight is 285 g/mol. The average Bonchev–Trinajstić information content (AvgIpc) is 3.37. The van der Waals surface area contributed by atoms with E-state index in [9.17, 15) is 10.1 Å². The van der Waals surface area contributed by atoms with Gasteiger partial charge in [-0.15, -0.1) is 0 Å². The molecule has 0 N–H and O–H groups in total. The van der Waals surface area contributed by atoms with E-state index < -0.39 is 0 Å². The second-order valence-corrected chi connectivity index (χ2v) is 5.60. The third-order valence-corrected chi connectivity index (χ3v) is 4.05. The van der Waals surface area contributed by atoms with Crippen LogP contribution >= 0.6 is 0 Å². The number of hydrogen-bond donors (Lipinski definition) is 0. The molecule has 21 heavy (non-hydrogen) atoms. The van der Waals surface area contributed by atoms with Crippen LogP contribution in [0.4, 0.5) is 4.79 Å². The minimum absolute atomic E-state index is 0.199. The minimum atomic E-state index is -0.324. The van der Waals surface area contributed by atoms with Gasteiger partial charge in [0.05, 0.1) is 12.6 Å². The molecule has 1 unspecified atom stereocenters. The van der Waals surface area contributed by atoms with Gasteiger partial charge in [-0.2, -0.15) is 5.26 Å². The highest BCUT2D eigenvalue weighted by Gasteiger charge is 2.38. The molecular weight excluding hydrogens is 266 g/mol. The number of nitrogens with zero attached hydrogens (tertiary/aromatic N) is 3. The first-order valence-electron chi connectivity index (χ1n) is 7.39. The Morgan fingerprint density at radius 2 is 2.05 bits per heavy atom.